The molecule has 2 aromatic heterocycles. The molecule has 0 saturated carbocycles. The molecule has 116 valence electrons. The van der Waals surface area contributed by atoms with Crippen LogP contribution in [0.4, 0.5) is 0 Å². The van der Waals surface area contributed by atoms with Crippen LogP contribution in [0.1, 0.15) is 39.9 Å². The van der Waals surface area contributed by atoms with Crippen LogP contribution in [0.15, 0.2) is 24.1 Å². The van der Waals surface area contributed by atoms with Crippen LogP contribution in [0, 0.1) is 0 Å². The van der Waals surface area contributed by atoms with Gasteiger partial charge in [-0.25, -0.2) is 0 Å². The van der Waals surface area contributed by atoms with Gasteiger partial charge in [0.25, 0.3) is 5.91 Å². The molecule has 1 aliphatic heterocycles. The second-order valence-corrected chi connectivity index (χ2v) is 6.58. The van der Waals surface area contributed by atoms with Crippen LogP contribution < -0.4 is 0 Å². The van der Waals surface area contributed by atoms with E-state index in [2.05, 4.69) is 14.9 Å². The van der Waals surface area contributed by atoms with Gasteiger partial charge in [0.05, 0.1) is 35.3 Å². The molecule has 3 heterocycles. The molecule has 0 bridgehead atoms. The summed E-state index contributed by atoms with van der Waals surface area (Å²) in [4.78, 5) is 30.2. The van der Waals surface area contributed by atoms with Crippen LogP contribution in [0.25, 0.3) is 0 Å². The lowest BCUT2D eigenvalue weighted by Gasteiger charge is -2.24. The van der Waals surface area contributed by atoms with E-state index in [9.17, 15) is 4.79 Å². The molecule has 1 aliphatic rings. The fourth-order valence-corrected chi connectivity index (χ4v) is 3.34. The normalized spacial score (nSPS) is 18.1. The molecule has 1 fully saturated rings. The summed E-state index contributed by atoms with van der Waals surface area (Å²) in [6.07, 6.45) is 7.13. The number of thiazole rings is 1. The molecule has 1 atom stereocenters. The second-order valence-electron chi connectivity index (χ2n) is 5.70. The lowest BCUT2D eigenvalue weighted by Crippen LogP contribution is -2.30. The van der Waals surface area contributed by atoms with Gasteiger partial charge in [-0.2, -0.15) is 0 Å². The third kappa shape index (κ3) is 3.15. The molecular weight excluding hydrogens is 298 g/mol. The monoisotopic (exact) mass is 317 g/mol. The van der Waals surface area contributed by atoms with Gasteiger partial charge in [0, 0.05) is 19.3 Å². The zero-order valence-electron chi connectivity index (χ0n) is 12.8. The highest BCUT2D eigenvalue weighted by molar-refractivity contribution is 7.11. The van der Waals surface area contributed by atoms with E-state index in [1.54, 1.807) is 24.1 Å². The van der Waals surface area contributed by atoms with Gasteiger partial charge in [-0.1, -0.05) is 0 Å². The van der Waals surface area contributed by atoms with E-state index >= 15 is 0 Å². The average Bonchev–Trinajstić information content (AvgIpc) is 3.18. The zero-order valence-corrected chi connectivity index (χ0v) is 13.6. The van der Waals surface area contributed by atoms with Crippen LogP contribution in [0.5, 0.6) is 0 Å². The van der Waals surface area contributed by atoms with Gasteiger partial charge in [-0.3, -0.25) is 19.7 Å². The number of hydrogen-bond acceptors (Lipinski definition) is 6. The van der Waals surface area contributed by atoms with Crippen LogP contribution in [-0.2, 0) is 6.54 Å². The summed E-state index contributed by atoms with van der Waals surface area (Å²) < 4.78 is 0. The fourth-order valence-electron chi connectivity index (χ4n) is 2.76. The average molecular weight is 317 g/mol. The number of likely N-dealkylation sites (tertiary alicyclic amines) is 1. The van der Waals surface area contributed by atoms with Gasteiger partial charge in [0.2, 0.25) is 0 Å². The van der Waals surface area contributed by atoms with E-state index in [4.69, 9.17) is 4.98 Å². The standard InChI is InChI=1S/C15H19N5OS/c1-19(2)9-11-6-16-7-12(18-11)13-4-3-5-20(13)15(21)14-8-17-10-22-14/h6-8,10,13H,3-5,9H2,1-2H3/t13-/m0/s1. The third-order valence-electron chi connectivity index (χ3n) is 3.68. The number of nitrogens with zero attached hydrogens (tertiary/aromatic N) is 5. The largest absolute Gasteiger partial charge is 0.329 e. The zero-order chi connectivity index (χ0) is 15.5. The van der Waals surface area contributed by atoms with Crippen molar-refractivity contribution in [3.05, 3.63) is 40.4 Å². The molecule has 0 unspecified atom stereocenters. The molecule has 0 aliphatic carbocycles. The first kappa shape index (κ1) is 15.1. The van der Waals surface area contributed by atoms with Crippen molar-refractivity contribution in [1.82, 2.24) is 24.8 Å². The molecule has 0 spiro atoms. The summed E-state index contributed by atoms with van der Waals surface area (Å²) in [6.45, 7) is 1.51. The lowest BCUT2D eigenvalue weighted by molar-refractivity contribution is 0.0737. The SMILES string of the molecule is CN(C)Cc1cncc([C@@H]2CCCN2C(=O)c2cncs2)n1. The summed E-state index contributed by atoms with van der Waals surface area (Å²) in [5, 5.41) is 0. The number of aromatic nitrogens is 3. The second kappa shape index (κ2) is 6.50. The highest BCUT2D eigenvalue weighted by Gasteiger charge is 2.32. The predicted octanol–water partition coefficient (Wildman–Crippen LogP) is 1.97. The molecule has 6 nitrogen and oxygen atoms in total. The lowest BCUT2D eigenvalue weighted by atomic mass is 10.1. The Balaban J connectivity index is 1.82. The quantitative estimate of drug-likeness (QED) is 0.863. The summed E-state index contributed by atoms with van der Waals surface area (Å²) in [5.74, 6) is 0.0461. The molecule has 22 heavy (non-hydrogen) atoms. The van der Waals surface area contributed by atoms with Crippen molar-refractivity contribution in [2.75, 3.05) is 20.6 Å². The Bertz CT molecular complexity index is 643. The Morgan fingerprint density at radius 3 is 2.95 bits per heavy atom. The van der Waals surface area contributed by atoms with Crippen molar-refractivity contribution < 1.29 is 4.79 Å². The Labute approximate surface area is 133 Å². The minimum absolute atomic E-state index is 0.0178. The number of amides is 1. The molecule has 3 rings (SSSR count). The van der Waals surface area contributed by atoms with Crippen molar-refractivity contribution >= 4 is 17.2 Å². The van der Waals surface area contributed by atoms with E-state index in [0.29, 0.717) is 4.88 Å². The van der Waals surface area contributed by atoms with E-state index in [1.165, 1.54) is 11.3 Å². The van der Waals surface area contributed by atoms with Gasteiger partial charge >= 0.3 is 0 Å². The number of rotatable bonds is 4. The van der Waals surface area contributed by atoms with Crippen LogP contribution in [0.2, 0.25) is 0 Å². The molecule has 1 saturated heterocycles. The number of hydrogen-bond donors (Lipinski definition) is 0. The maximum atomic E-state index is 12.6. The molecule has 7 heteroatoms. The first-order valence-corrected chi connectivity index (χ1v) is 8.18. The maximum absolute atomic E-state index is 12.6. The minimum Gasteiger partial charge on any atom is -0.329 e. The van der Waals surface area contributed by atoms with Gasteiger partial charge < -0.3 is 9.80 Å². The van der Waals surface area contributed by atoms with Gasteiger partial charge in [-0.15, -0.1) is 11.3 Å². The predicted molar refractivity (Wildman–Crippen MR) is 84.5 cm³/mol. The van der Waals surface area contributed by atoms with Gasteiger partial charge in [0.1, 0.15) is 4.88 Å². The number of carbonyl (C=O) groups excluding carboxylic acids is 1. The minimum atomic E-state index is 0.0178. The molecular formula is C15H19N5OS. The Kier molecular flexibility index (Phi) is 4.44. The van der Waals surface area contributed by atoms with Crippen molar-refractivity contribution in [3.63, 3.8) is 0 Å². The molecule has 0 aromatic carbocycles. The Morgan fingerprint density at radius 2 is 2.23 bits per heavy atom. The van der Waals surface area contributed by atoms with Crippen LogP contribution in [0.3, 0.4) is 0 Å². The van der Waals surface area contributed by atoms with Gasteiger partial charge in [0.15, 0.2) is 0 Å². The molecule has 1 amide bonds. The summed E-state index contributed by atoms with van der Waals surface area (Å²) in [7, 11) is 4.01. The third-order valence-corrected chi connectivity index (χ3v) is 4.44. The van der Waals surface area contributed by atoms with Crippen LogP contribution >= 0.6 is 11.3 Å². The smallest absolute Gasteiger partial charge is 0.266 e. The van der Waals surface area contributed by atoms with Crippen molar-refractivity contribution in [1.29, 1.82) is 0 Å². The molecule has 0 radical (unpaired) electrons. The van der Waals surface area contributed by atoms with Crippen molar-refractivity contribution in [2.45, 2.75) is 25.4 Å². The van der Waals surface area contributed by atoms with E-state index in [1.807, 2.05) is 19.0 Å². The first-order valence-electron chi connectivity index (χ1n) is 7.30. The number of carbonyl (C=O) groups is 1. The highest BCUT2D eigenvalue weighted by atomic mass is 32.1. The van der Waals surface area contributed by atoms with E-state index in [0.717, 1.165) is 37.3 Å². The van der Waals surface area contributed by atoms with Crippen molar-refractivity contribution in [3.8, 4) is 0 Å². The maximum Gasteiger partial charge on any atom is 0.266 e. The summed E-state index contributed by atoms with van der Waals surface area (Å²) in [5.41, 5.74) is 3.50. The first-order chi connectivity index (χ1) is 10.6. The van der Waals surface area contributed by atoms with Gasteiger partial charge in [-0.05, 0) is 26.9 Å². The van der Waals surface area contributed by atoms with E-state index in [-0.39, 0.29) is 11.9 Å². The molecule has 0 N–H and O–H groups in total. The van der Waals surface area contributed by atoms with E-state index < -0.39 is 0 Å². The topological polar surface area (TPSA) is 62.2 Å². The fraction of sp³-hybridized carbons (Fsp3) is 0.467. The summed E-state index contributed by atoms with van der Waals surface area (Å²) >= 11 is 1.38. The summed E-state index contributed by atoms with van der Waals surface area (Å²) in [6, 6.07) is 0.0178. The highest BCUT2D eigenvalue weighted by Crippen LogP contribution is 2.32. The Hall–Kier alpha value is -1.86. The van der Waals surface area contributed by atoms with Crippen molar-refractivity contribution in [2.24, 2.45) is 0 Å². The Morgan fingerprint density at radius 1 is 1.36 bits per heavy atom. The molecule has 2 aromatic rings. The van der Waals surface area contributed by atoms with Crippen LogP contribution in [-0.4, -0.2) is 51.3 Å².